The molecule has 1 aromatic heterocycles. The maximum absolute atomic E-state index is 11.8. The van der Waals surface area contributed by atoms with Gasteiger partial charge in [0, 0.05) is 12.1 Å². The third-order valence-corrected chi connectivity index (χ3v) is 2.76. The van der Waals surface area contributed by atoms with Crippen molar-refractivity contribution in [1.82, 2.24) is 4.57 Å². The molecule has 1 aliphatic heterocycles. The number of hydrogen-bond acceptors (Lipinski definition) is 3. The Morgan fingerprint density at radius 1 is 1.67 bits per heavy atom. The molecule has 0 saturated carbocycles. The van der Waals surface area contributed by atoms with Gasteiger partial charge in [-0.25, -0.2) is 0 Å². The molecule has 1 atom stereocenters. The van der Waals surface area contributed by atoms with Gasteiger partial charge < -0.3 is 9.67 Å². The Balaban J connectivity index is 2.69. The van der Waals surface area contributed by atoms with Gasteiger partial charge in [-0.2, -0.15) is 5.26 Å². The molecule has 1 aliphatic rings. The quantitative estimate of drug-likeness (QED) is 0.662. The van der Waals surface area contributed by atoms with Gasteiger partial charge in [-0.3, -0.25) is 4.79 Å². The highest BCUT2D eigenvalue weighted by molar-refractivity contribution is 5.37. The average molecular weight is 204 g/mol. The molecule has 1 aromatic rings. The molecule has 2 heterocycles. The fourth-order valence-electron chi connectivity index (χ4n) is 2.08. The maximum Gasteiger partial charge on any atom is 0.269 e. The van der Waals surface area contributed by atoms with Gasteiger partial charge in [-0.05, 0) is 25.5 Å². The number of hydrogen-bond donors (Lipinski definition) is 1. The molecule has 0 saturated heterocycles. The van der Waals surface area contributed by atoms with Gasteiger partial charge in [-0.15, -0.1) is 0 Å². The van der Waals surface area contributed by atoms with E-state index in [-0.39, 0.29) is 17.7 Å². The number of aromatic nitrogens is 1. The molecule has 0 fully saturated rings. The molecular formula is C11H12N2O2. The highest BCUT2D eigenvalue weighted by atomic mass is 16.3. The third kappa shape index (κ3) is 1.45. The van der Waals surface area contributed by atoms with E-state index in [1.807, 2.05) is 6.07 Å². The summed E-state index contributed by atoms with van der Waals surface area (Å²) in [6, 6.07) is 3.71. The summed E-state index contributed by atoms with van der Waals surface area (Å²) in [7, 11) is 0. The van der Waals surface area contributed by atoms with Crippen molar-refractivity contribution in [3.63, 3.8) is 0 Å². The lowest BCUT2D eigenvalue weighted by Crippen LogP contribution is -2.29. The van der Waals surface area contributed by atoms with Crippen molar-refractivity contribution in [1.29, 1.82) is 5.26 Å². The summed E-state index contributed by atoms with van der Waals surface area (Å²) in [6.07, 6.45) is 0.467. The van der Waals surface area contributed by atoms with Crippen LogP contribution in [0.3, 0.4) is 0 Å². The first kappa shape index (κ1) is 9.94. The molecule has 2 rings (SSSR count). The number of fused-ring (bicyclic) bond motifs is 1. The zero-order valence-electron chi connectivity index (χ0n) is 8.74. The van der Waals surface area contributed by atoms with Crippen molar-refractivity contribution in [2.24, 2.45) is 0 Å². The number of pyridine rings is 1. The summed E-state index contributed by atoms with van der Waals surface area (Å²) in [5.74, 6) is 0. The van der Waals surface area contributed by atoms with Crippen molar-refractivity contribution >= 4 is 0 Å². The van der Waals surface area contributed by atoms with E-state index in [1.54, 1.807) is 19.9 Å². The molecule has 1 N–H and O–H groups in total. The molecule has 15 heavy (non-hydrogen) atoms. The summed E-state index contributed by atoms with van der Waals surface area (Å²) in [5.41, 5.74) is 0.516. The number of nitrogens with zero attached hydrogens (tertiary/aromatic N) is 2. The van der Waals surface area contributed by atoms with Crippen molar-refractivity contribution in [2.75, 3.05) is 0 Å². The molecule has 1 unspecified atom stereocenters. The van der Waals surface area contributed by atoms with Crippen LogP contribution in [0.15, 0.2) is 10.9 Å². The van der Waals surface area contributed by atoms with Crippen LogP contribution >= 0.6 is 0 Å². The van der Waals surface area contributed by atoms with E-state index in [1.165, 1.54) is 4.57 Å². The molecule has 0 aliphatic carbocycles. The van der Waals surface area contributed by atoms with E-state index in [0.717, 1.165) is 5.69 Å². The largest absolute Gasteiger partial charge is 0.388 e. The van der Waals surface area contributed by atoms with E-state index >= 15 is 0 Å². The summed E-state index contributed by atoms with van der Waals surface area (Å²) >= 11 is 0. The van der Waals surface area contributed by atoms with E-state index in [2.05, 4.69) is 0 Å². The molecule has 0 spiro atoms. The summed E-state index contributed by atoms with van der Waals surface area (Å²) in [4.78, 5) is 11.8. The molecule has 78 valence electrons. The summed E-state index contributed by atoms with van der Waals surface area (Å²) < 4.78 is 1.49. The van der Waals surface area contributed by atoms with Crippen LogP contribution in [-0.4, -0.2) is 15.3 Å². The monoisotopic (exact) mass is 204 g/mol. The lowest BCUT2D eigenvalue weighted by Gasteiger charge is -2.12. The second-order valence-electron chi connectivity index (χ2n) is 4.37. The maximum atomic E-state index is 11.8. The Labute approximate surface area is 87.4 Å². The van der Waals surface area contributed by atoms with Crippen LogP contribution in [0.5, 0.6) is 0 Å². The van der Waals surface area contributed by atoms with Crippen molar-refractivity contribution in [3.8, 4) is 6.07 Å². The zero-order chi connectivity index (χ0) is 11.2. The van der Waals surface area contributed by atoms with E-state index < -0.39 is 5.60 Å². The summed E-state index contributed by atoms with van der Waals surface area (Å²) in [5, 5.41) is 18.7. The first-order valence-electron chi connectivity index (χ1n) is 4.80. The van der Waals surface area contributed by atoms with Gasteiger partial charge in [0.1, 0.15) is 11.6 Å². The Bertz CT molecular complexity index is 521. The van der Waals surface area contributed by atoms with Crippen LogP contribution in [-0.2, 0) is 13.0 Å². The van der Waals surface area contributed by atoms with Gasteiger partial charge in [0.2, 0.25) is 0 Å². The lowest BCUT2D eigenvalue weighted by atomic mass is 10.0. The first-order valence-corrected chi connectivity index (χ1v) is 4.80. The van der Waals surface area contributed by atoms with Gasteiger partial charge in [-0.1, -0.05) is 0 Å². The topological polar surface area (TPSA) is 66.0 Å². The first-order chi connectivity index (χ1) is 6.94. The Hall–Kier alpha value is -1.60. The van der Waals surface area contributed by atoms with Crippen LogP contribution in [0.25, 0.3) is 0 Å². The minimum atomic E-state index is -0.868. The molecule has 4 nitrogen and oxygen atoms in total. The normalized spacial score (nSPS) is 23.6. The minimum Gasteiger partial charge on any atom is -0.388 e. The summed E-state index contributed by atoms with van der Waals surface area (Å²) in [6.45, 7) is 3.71. The van der Waals surface area contributed by atoms with Gasteiger partial charge in [0.05, 0.1) is 12.1 Å². The second-order valence-corrected chi connectivity index (χ2v) is 4.37. The van der Waals surface area contributed by atoms with Gasteiger partial charge >= 0.3 is 0 Å². The Kier molecular flexibility index (Phi) is 1.95. The highest BCUT2D eigenvalue weighted by Crippen LogP contribution is 2.23. The SMILES string of the molecule is Cc1cc2n(c(=O)c1C#N)CC(C)(O)C2. The zero-order valence-corrected chi connectivity index (χ0v) is 8.74. The van der Waals surface area contributed by atoms with Crippen LogP contribution in [0.2, 0.25) is 0 Å². The van der Waals surface area contributed by atoms with E-state index in [0.29, 0.717) is 12.0 Å². The van der Waals surface area contributed by atoms with Gasteiger partial charge in [0.15, 0.2) is 0 Å². The number of nitriles is 1. The van der Waals surface area contributed by atoms with E-state index in [9.17, 15) is 9.90 Å². The smallest absolute Gasteiger partial charge is 0.269 e. The Morgan fingerprint density at radius 2 is 2.33 bits per heavy atom. The number of rotatable bonds is 0. The van der Waals surface area contributed by atoms with Crippen LogP contribution in [0, 0.1) is 18.3 Å². The van der Waals surface area contributed by atoms with Crippen LogP contribution in [0.1, 0.15) is 23.7 Å². The fraction of sp³-hybridized carbons (Fsp3) is 0.455. The molecule has 0 amide bonds. The van der Waals surface area contributed by atoms with Crippen molar-refractivity contribution in [3.05, 3.63) is 33.2 Å². The van der Waals surface area contributed by atoms with Gasteiger partial charge in [0.25, 0.3) is 5.56 Å². The molecule has 0 radical (unpaired) electrons. The lowest BCUT2D eigenvalue weighted by molar-refractivity contribution is 0.0612. The van der Waals surface area contributed by atoms with Crippen LogP contribution < -0.4 is 5.56 Å². The molecule has 4 heteroatoms. The van der Waals surface area contributed by atoms with Crippen LogP contribution in [0.4, 0.5) is 0 Å². The molecular weight excluding hydrogens is 192 g/mol. The highest BCUT2D eigenvalue weighted by Gasteiger charge is 2.32. The predicted octanol–water partition coefficient (Wildman–Crippen LogP) is 0.335. The minimum absolute atomic E-state index is 0.177. The van der Waals surface area contributed by atoms with Crippen molar-refractivity contribution < 1.29 is 5.11 Å². The number of aryl methyl sites for hydroxylation is 1. The van der Waals surface area contributed by atoms with Crippen molar-refractivity contribution in [2.45, 2.75) is 32.4 Å². The number of aliphatic hydroxyl groups is 1. The average Bonchev–Trinajstić information content (AvgIpc) is 2.41. The molecule has 0 aromatic carbocycles. The predicted molar refractivity (Wildman–Crippen MR) is 54.5 cm³/mol. The Morgan fingerprint density at radius 3 is 2.93 bits per heavy atom. The molecule has 0 bridgehead atoms. The third-order valence-electron chi connectivity index (χ3n) is 2.76. The standard InChI is InChI=1S/C11H12N2O2/c1-7-3-8-4-11(2,15)6-13(8)10(14)9(7)5-12/h3,15H,4,6H2,1-2H3. The van der Waals surface area contributed by atoms with E-state index in [4.69, 9.17) is 5.26 Å². The fourth-order valence-corrected chi connectivity index (χ4v) is 2.08. The second kappa shape index (κ2) is 2.94.